The van der Waals surface area contributed by atoms with Crippen LogP contribution in [0.4, 0.5) is 0 Å². The molecule has 0 bridgehead atoms. The molecule has 2 heteroatoms. The Bertz CT molecular complexity index is 443. The van der Waals surface area contributed by atoms with Crippen LogP contribution in [0.5, 0.6) is 0 Å². The van der Waals surface area contributed by atoms with Gasteiger partial charge in [0.25, 0.3) is 0 Å². The summed E-state index contributed by atoms with van der Waals surface area (Å²) in [5.74, 6) is 0. The number of hydrogen-bond donors (Lipinski definition) is 1. The lowest BCUT2D eigenvalue weighted by Crippen LogP contribution is -2.17. The molecule has 2 rings (SSSR count). The first-order valence-corrected chi connectivity index (χ1v) is 5.77. The Morgan fingerprint density at radius 1 is 1.43 bits per heavy atom. The van der Waals surface area contributed by atoms with Crippen LogP contribution >= 0.6 is 11.3 Å². The molecule has 2 aromatic rings. The Morgan fingerprint density at radius 3 is 2.93 bits per heavy atom. The van der Waals surface area contributed by atoms with Crippen LogP contribution < -0.4 is 5.73 Å². The van der Waals surface area contributed by atoms with Crippen molar-refractivity contribution in [2.45, 2.75) is 26.3 Å². The van der Waals surface area contributed by atoms with Crippen molar-refractivity contribution in [2.24, 2.45) is 5.73 Å². The summed E-state index contributed by atoms with van der Waals surface area (Å²) >= 11 is 1.81. The summed E-state index contributed by atoms with van der Waals surface area (Å²) in [6.07, 6.45) is 0.977. The first kappa shape index (κ1) is 9.69. The molecule has 74 valence electrons. The van der Waals surface area contributed by atoms with Crippen LogP contribution in [-0.2, 0) is 6.42 Å². The lowest BCUT2D eigenvalue weighted by Gasteiger charge is -2.04. The van der Waals surface area contributed by atoms with Gasteiger partial charge < -0.3 is 5.73 Å². The van der Waals surface area contributed by atoms with Gasteiger partial charge in [-0.2, -0.15) is 0 Å². The molecule has 2 N–H and O–H groups in total. The molecule has 0 aliphatic heterocycles. The summed E-state index contributed by atoms with van der Waals surface area (Å²) in [5.41, 5.74) is 8.59. The van der Waals surface area contributed by atoms with Gasteiger partial charge in [-0.15, -0.1) is 11.3 Å². The maximum atomic E-state index is 5.83. The monoisotopic (exact) mass is 205 g/mol. The molecule has 0 aliphatic rings. The summed E-state index contributed by atoms with van der Waals surface area (Å²) in [7, 11) is 0. The predicted octanol–water partition coefficient (Wildman–Crippen LogP) is 3.10. The Kier molecular flexibility index (Phi) is 2.57. The van der Waals surface area contributed by atoms with E-state index in [0.29, 0.717) is 0 Å². The van der Waals surface area contributed by atoms with Crippen LogP contribution in [0, 0.1) is 6.92 Å². The molecule has 1 unspecified atom stereocenters. The molecular formula is C12H15NS. The Morgan fingerprint density at radius 2 is 2.21 bits per heavy atom. The molecule has 14 heavy (non-hydrogen) atoms. The van der Waals surface area contributed by atoms with Crippen LogP contribution in [0.15, 0.2) is 23.6 Å². The maximum Gasteiger partial charge on any atom is 0.0348 e. The maximum absolute atomic E-state index is 5.83. The summed E-state index contributed by atoms with van der Waals surface area (Å²) in [4.78, 5) is 0. The molecular weight excluding hydrogens is 190 g/mol. The van der Waals surface area contributed by atoms with Crippen LogP contribution in [0.25, 0.3) is 10.1 Å². The van der Waals surface area contributed by atoms with Gasteiger partial charge in [0.15, 0.2) is 0 Å². The van der Waals surface area contributed by atoms with Crippen molar-refractivity contribution in [3.05, 3.63) is 34.7 Å². The molecule has 1 heterocycles. The predicted molar refractivity (Wildman–Crippen MR) is 63.9 cm³/mol. The number of hydrogen-bond acceptors (Lipinski definition) is 2. The fraction of sp³-hybridized carbons (Fsp3) is 0.333. The smallest absolute Gasteiger partial charge is 0.0348 e. The molecule has 0 saturated heterocycles. The molecule has 0 aliphatic carbocycles. The average molecular weight is 205 g/mol. The Balaban J connectivity index is 2.55. The van der Waals surface area contributed by atoms with E-state index in [-0.39, 0.29) is 6.04 Å². The summed E-state index contributed by atoms with van der Waals surface area (Å²) in [6.45, 7) is 4.22. The van der Waals surface area contributed by atoms with Gasteiger partial charge in [-0.1, -0.05) is 12.1 Å². The first-order valence-electron chi connectivity index (χ1n) is 4.90. The van der Waals surface area contributed by atoms with Gasteiger partial charge in [0.05, 0.1) is 0 Å². The van der Waals surface area contributed by atoms with Crippen LogP contribution in [0.1, 0.15) is 18.1 Å². The quantitative estimate of drug-likeness (QED) is 0.801. The van der Waals surface area contributed by atoms with E-state index < -0.39 is 0 Å². The summed E-state index contributed by atoms with van der Waals surface area (Å²) < 4.78 is 1.38. The highest BCUT2D eigenvalue weighted by atomic mass is 32.1. The van der Waals surface area contributed by atoms with Gasteiger partial charge in [-0.3, -0.25) is 0 Å². The van der Waals surface area contributed by atoms with E-state index in [1.807, 2.05) is 11.3 Å². The zero-order chi connectivity index (χ0) is 10.1. The standard InChI is InChI=1S/C12H15NS/c1-8-4-3-5-11-12(8)10(7-14-11)6-9(2)13/h3-5,7,9H,6,13H2,1-2H3. The highest BCUT2D eigenvalue weighted by Gasteiger charge is 2.07. The lowest BCUT2D eigenvalue weighted by molar-refractivity contribution is 0.743. The van der Waals surface area contributed by atoms with E-state index in [9.17, 15) is 0 Å². The van der Waals surface area contributed by atoms with E-state index in [1.165, 1.54) is 21.2 Å². The average Bonchev–Trinajstić information content (AvgIpc) is 2.49. The molecule has 0 saturated carbocycles. The molecule has 0 radical (unpaired) electrons. The Labute approximate surface area is 88.6 Å². The van der Waals surface area contributed by atoms with E-state index in [0.717, 1.165) is 6.42 Å². The van der Waals surface area contributed by atoms with Gasteiger partial charge in [0.2, 0.25) is 0 Å². The van der Waals surface area contributed by atoms with Crippen molar-refractivity contribution in [2.75, 3.05) is 0 Å². The SMILES string of the molecule is Cc1cccc2scc(CC(C)N)c12. The minimum Gasteiger partial charge on any atom is -0.328 e. The van der Waals surface area contributed by atoms with Crippen molar-refractivity contribution >= 4 is 21.4 Å². The van der Waals surface area contributed by atoms with Crippen LogP contribution in [0.2, 0.25) is 0 Å². The van der Waals surface area contributed by atoms with Gasteiger partial charge in [-0.25, -0.2) is 0 Å². The Hall–Kier alpha value is -0.860. The molecule has 0 amide bonds. The second kappa shape index (κ2) is 3.71. The third-order valence-electron chi connectivity index (χ3n) is 2.43. The molecule has 0 fully saturated rings. The fourth-order valence-corrected chi connectivity index (χ4v) is 2.89. The highest BCUT2D eigenvalue weighted by molar-refractivity contribution is 7.17. The highest BCUT2D eigenvalue weighted by Crippen LogP contribution is 2.29. The minimum atomic E-state index is 0.243. The fourth-order valence-electron chi connectivity index (χ4n) is 1.84. The third kappa shape index (κ3) is 1.68. The summed E-state index contributed by atoms with van der Waals surface area (Å²) in [5, 5.41) is 3.65. The molecule has 1 nitrogen and oxygen atoms in total. The minimum absolute atomic E-state index is 0.243. The van der Waals surface area contributed by atoms with Gasteiger partial charge >= 0.3 is 0 Å². The van der Waals surface area contributed by atoms with E-state index in [2.05, 4.69) is 37.4 Å². The first-order chi connectivity index (χ1) is 6.68. The number of fused-ring (bicyclic) bond motifs is 1. The summed E-state index contributed by atoms with van der Waals surface area (Å²) in [6, 6.07) is 6.70. The van der Waals surface area contributed by atoms with E-state index >= 15 is 0 Å². The van der Waals surface area contributed by atoms with Crippen molar-refractivity contribution in [3.8, 4) is 0 Å². The molecule has 1 aromatic heterocycles. The second-order valence-corrected chi connectivity index (χ2v) is 4.80. The largest absolute Gasteiger partial charge is 0.328 e. The van der Waals surface area contributed by atoms with E-state index in [4.69, 9.17) is 5.73 Å². The number of benzene rings is 1. The van der Waals surface area contributed by atoms with Gasteiger partial charge in [-0.05, 0) is 48.2 Å². The second-order valence-electron chi connectivity index (χ2n) is 3.89. The number of rotatable bonds is 2. The van der Waals surface area contributed by atoms with Crippen LogP contribution in [-0.4, -0.2) is 6.04 Å². The number of aryl methyl sites for hydroxylation is 1. The van der Waals surface area contributed by atoms with Crippen molar-refractivity contribution in [3.63, 3.8) is 0 Å². The zero-order valence-electron chi connectivity index (χ0n) is 8.58. The van der Waals surface area contributed by atoms with Crippen LogP contribution in [0.3, 0.4) is 0 Å². The van der Waals surface area contributed by atoms with Crippen molar-refractivity contribution in [1.29, 1.82) is 0 Å². The van der Waals surface area contributed by atoms with Gasteiger partial charge in [0, 0.05) is 10.7 Å². The van der Waals surface area contributed by atoms with Crippen molar-refractivity contribution < 1.29 is 0 Å². The molecule has 1 atom stereocenters. The van der Waals surface area contributed by atoms with Gasteiger partial charge in [0.1, 0.15) is 0 Å². The third-order valence-corrected chi connectivity index (χ3v) is 3.42. The molecule has 1 aromatic carbocycles. The van der Waals surface area contributed by atoms with Crippen molar-refractivity contribution in [1.82, 2.24) is 0 Å². The number of thiophene rings is 1. The normalized spacial score (nSPS) is 13.4. The molecule has 0 spiro atoms. The van der Waals surface area contributed by atoms with E-state index in [1.54, 1.807) is 0 Å². The zero-order valence-corrected chi connectivity index (χ0v) is 9.40. The number of nitrogens with two attached hydrogens (primary N) is 1. The lowest BCUT2D eigenvalue weighted by atomic mass is 10.0. The topological polar surface area (TPSA) is 26.0 Å².